The Labute approximate surface area is 183 Å². The van der Waals surface area contributed by atoms with Crippen LogP contribution in [0.4, 0.5) is 0 Å². The summed E-state index contributed by atoms with van der Waals surface area (Å²) in [6.07, 6.45) is 0. The summed E-state index contributed by atoms with van der Waals surface area (Å²) in [7, 11) is -3.60. The quantitative estimate of drug-likeness (QED) is 0.476. The van der Waals surface area contributed by atoms with Gasteiger partial charge in [0.05, 0.1) is 17.1 Å². The summed E-state index contributed by atoms with van der Waals surface area (Å²) in [6, 6.07) is 12.9. The number of ether oxygens (including phenoxy) is 1. The molecule has 30 heavy (non-hydrogen) atoms. The van der Waals surface area contributed by atoms with Crippen molar-refractivity contribution in [3.63, 3.8) is 0 Å². The first kappa shape index (κ1) is 22.5. The van der Waals surface area contributed by atoms with E-state index in [1.165, 1.54) is 15.6 Å². The van der Waals surface area contributed by atoms with E-state index < -0.39 is 10.0 Å². The molecule has 0 saturated carbocycles. The molecule has 0 spiro atoms. The molecule has 1 aromatic heterocycles. The first-order valence-corrected chi connectivity index (χ1v) is 12.2. The van der Waals surface area contributed by atoms with Gasteiger partial charge in [0, 0.05) is 11.4 Å². The van der Waals surface area contributed by atoms with E-state index in [9.17, 15) is 8.42 Å². The van der Waals surface area contributed by atoms with Crippen LogP contribution in [0, 0.1) is 20.8 Å². The van der Waals surface area contributed by atoms with Gasteiger partial charge in [0.25, 0.3) is 0 Å². The van der Waals surface area contributed by atoms with Crippen molar-refractivity contribution in [2.45, 2.75) is 58.7 Å². The minimum absolute atomic E-state index is 0.187. The minimum Gasteiger partial charge on any atom is -0.486 e. The summed E-state index contributed by atoms with van der Waals surface area (Å²) in [5.74, 6) is 0.815. The summed E-state index contributed by atoms with van der Waals surface area (Å²) >= 11 is 1.48. The summed E-state index contributed by atoms with van der Waals surface area (Å²) in [5, 5.41) is 2.72. The molecule has 0 N–H and O–H groups in total. The molecule has 7 heteroatoms. The van der Waals surface area contributed by atoms with Gasteiger partial charge < -0.3 is 4.74 Å². The Bertz CT molecular complexity index is 1080. The number of hydrogen-bond donors (Lipinski definition) is 0. The Morgan fingerprint density at radius 3 is 2.23 bits per heavy atom. The van der Waals surface area contributed by atoms with Gasteiger partial charge in [0.15, 0.2) is 0 Å². The van der Waals surface area contributed by atoms with Crippen molar-refractivity contribution in [3.8, 4) is 5.75 Å². The average molecular weight is 445 g/mol. The maximum absolute atomic E-state index is 13.1. The first-order valence-electron chi connectivity index (χ1n) is 9.88. The van der Waals surface area contributed by atoms with Crippen LogP contribution in [-0.4, -0.2) is 23.7 Å². The highest BCUT2D eigenvalue weighted by Crippen LogP contribution is 2.23. The van der Waals surface area contributed by atoms with Crippen LogP contribution in [0.3, 0.4) is 0 Å². The van der Waals surface area contributed by atoms with E-state index in [2.05, 4.69) is 11.1 Å². The lowest BCUT2D eigenvalue weighted by Gasteiger charge is -2.25. The number of hydrogen-bond acceptors (Lipinski definition) is 5. The molecule has 0 aliphatic rings. The van der Waals surface area contributed by atoms with Crippen LogP contribution in [0.2, 0.25) is 0 Å². The number of benzene rings is 2. The fraction of sp³-hybridized carbons (Fsp3) is 0.348. The average Bonchev–Trinajstić information content (AvgIpc) is 3.11. The predicted molar refractivity (Wildman–Crippen MR) is 121 cm³/mol. The van der Waals surface area contributed by atoms with Crippen LogP contribution < -0.4 is 4.74 Å². The lowest BCUT2D eigenvalue weighted by atomic mass is 10.1. The van der Waals surface area contributed by atoms with Crippen molar-refractivity contribution in [2.75, 3.05) is 0 Å². The molecule has 0 amide bonds. The zero-order valence-corrected chi connectivity index (χ0v) is 19.7. The smallest absolute Gasteiger partial charge is 0.243 e. The molecule has 160 valence electrons. The van der Waals surface area contributed by atoms with E-state index in [4.69, 9.17) is 4.74 Å². The third-order valence-corrected chi connectivity index (χ3v) is 7.59. The number of aromatic nitrogens is 1. The summed E-state index contributed by atoms with van der Waals surface area (Å²) in [5.41, 5.74) is 4.05. The van der Waals surface area contributed by atoms with E-state index in [0.29, 0.717) is 11.5 Å². The molecular formula is C23H28N2O3S2. The van der Waals surface area contributed by atoms with Crippen molar-refractivity contribution < 1.29 is 13.2 Å². The molecule has 0 aliphatic heterocycles. The van der Waals surface area contributed by atoms with E-state index in [1.54, 1.807) is 12.1 Å². The van der Waals surface area contributed by atoms with Gasteiger partial charge in [-0.15, -0.1) is 11.3 Å². The second-order valence-corrected chi connectivity index (χ2v) is 10.6. The lowest BCUT2D eigenvalue weighted by Crippen LogP contribution is -2.36. The topological polar surface area (TPSA) is 59.5 Å². The van der Waals surface area contributed by atoms with E-state index in [0.717, 1.165) is 33.1 Å². The highest BCUT2D eigenvalue weighted by atomic mass is 32.2. The molecule has 0 aliphatic carbocycles. The van der Waals surface area contributed by atoms with Crippen LogP contribution >= 0.6 is 11.3 Å². The molecule has 1 heterocycles. The van der Waals surface area contributed by atoms with Gasteiger partial charge in [-0.25, -0.2) is 13.4 Å². The van der Waals surface area contributed by atoms with Crippen molar-refractivity contribution in [1.82, 2.24) is 9.29 Å². The molecule has 3 rings (SSSR count). The molecule has 0 unspecified atom stereocenters. The second-order valence-electron chi connectivity index (χ2n) is 7.80. The molecule has 5 nitrogen and oxygen atoms in total. The monoisotopic (exact) mass is 444 g/mol. The lowest BCUT2D eigenvalue weighted by molar-refractivity contribution is 0.304. The third kappa shape index (κ3) is 5.47. The Balaban J connectivity index is 1.72. The fourth-order valence-electron chi connectivity index (χ4n) is 3.20. The number of sulfonamides is 1. The van der Waals surface area contributed by atoms with E-state index >= 15 is 0 Å². The molecule has 3 aromatic rings. The predicted octanol–water partition coefficient (Wildman–Crippen LogP) is 5.25. The molecular weight excluding hydrogens is 416 g/mol. The number of nitrogens with zero attached hydrogens (tertiary/aromatic N) is 2. The Hall–Kier alpha value is -2.22. The highest BCUT2D eigenvalue weighted by Gasteiger charge is 2.27. The summed E-state index contributed by atoms with van der Waals surface area (Å²) in [4.78, 5) is 4.90. The Morgan fingerprint density at radius 1 is 1.00 bits per heavy atom. The van der Waals surface area contributed by atoms with Crippen LogP contribution in [-0.2, 0) is 23.2 Å². The van der Waals surface area contributed by atoms with Crippen molar-refractivity contribution in [2.24, 2.45) is 0 Å². The molecule has 0 saturated heterocycles. The van der Waals surface area contributed by atoms with Gasteiger partial charge in [-0.05, 0) is 70.0 Å². The van der Waals surface area contributed by atoms with Crippen LogP contribution in [0.5, 0.6) is 5.75 Å². The Kier molecular flexibility index (Phi) is 6.95. The minimum atomic E-state index is -3.60. The maximum atomic E-state index is 13.1. The van der Waals surface area contributed by atoms with Crippen molar-refractivity contribution in [1.29, 1.82) is 0 Å². The molecule has 2 aromatic carbocycles. The first-order chi connectivity index (χ1) is 14.1. The molecule has 0 radical (unpaired) electrons. The van der Waals surface area contributed by atoms with E-state index in [1.807, 2.05) is 64.3 Å². The van der Waals surface area contributed by atoms with E-state index in [-0.39, 0.29) is 12.6 Å². The zero-order chi connectivity index (χ0) is 21.9. The summed E-state index contributed by atoms with van der Waals surface area (Å²) in [6.45, 7) is 10.4. The summed E-state index contributed by atoms with van der Waals surface area (Å²) < 4.78 is 33.7. The van der Waals surface area contributed by atoms with Gasteiger partial charge in [0.1, 0.15) is 17.4 Å². The van der Waals surface area contributed by atoms with Crippen LogP contribution in [0.1, 0.15) is 41.2 Å². The van der Waals surface area contributed by atoms with Crippen LogP contribution in [0.15, 0.2) is 52.7 Å². The number of aryl methyl sites for hydroxylation is 3. The molecule has 0 bridgehead atoms. The zero-order valence-electron chi connectivity index (χ0n) is 18.0. The Morgan fingerprint density at radius 2 is 1.63 bits per heavy atom. The largest absolute Gasteiger partial charge is 0.486 e. The molecule has 0 atom stereocenters. The van der Waals surface area contributed by atoms with Gasteiger partial charge in [-0.1, -0.05) is 23.8 Å². The fourth-order valence-corrected chi connectivity index (χ4v) is 5.50. The standard InChI is InChI=1S/C23H28N2O3S2/c1-16(2)25(30(26,27)22-8-6-17(3)7-9-22)13-20-15-29-23(24-20)14-28-21-11-18(4)10-19(5)12-21/h6-12,15-16H,13-14H2,1-5H3. The van der Waals surface area contributed by atoms with Gasteiger partial charge in [0.2, 0.25) is 10.0 Å². The number of rotatable bonds is 8. The van der Waals surface area contributed by atoms with Gasteiger partial charge in [-0.2, -0.15) is 4.31 Å². The van der Waals surface area contributed by atoms with Crippen molar-refractivity contribution >= 4 is 21.4 Å². The normalized spacial score (nSPS) is 12.0. The van der Waals surface area contributed by atoms with Gasteiger partial charge >= 0.3 is 0 Å². The van der Waals surface area contributed by atoms with Crippen molar-refractivity contribution in [3.05, 3.63) is 75.2 Å². The highest BCUT2D eigenvalue weighted by molar-refractivity contribution is 7.89. The van der Waals surface area contributed by atoms with Crippen LogP contribution in [0.25, 0.3) is 0 Å². The third-order valence-electron chi connectivity index (χ3n) is 4.68. The molecule has 0 fully saturated rings. The van der Waals surface area contributed by atoms with Gasteiger partial charge in [-0.3, -0.25) is 0 Å². The maximum Gasteiger partial charge on any atom is 0.243 e. The second kappa shape index (κ2) is 9.29. The SMILES string of the molecule is Cc1ccc(S(=O)(=O)N(Cc2csc(COc3cc(C)cc(C)c3)n2)C(C)C)cc1. The number of thiazole rings is 1.